The van der Waals surface area contributed by atoms with Crippen molar-refractivity contribution in [3.05, 3.63) is 59.7 Å². The molecule has 0 saturated carbocycles. The molecule has 7 nitrogen and oxygen atoms in total. The predicted molar refractivity (Wildman–Crippen MR) is 126 cm³/mol. The zero-order valence-corrected chi connectivity index (χ0v) is 18.9. The van der Waals surface area contributed by atoms with E-state index in [4.69, 9.17) is 21.7 Å². The number of methoxy groups -OCH3 is 1. The molecule has 0 bridgehead atoms. The van der Waals surface area contributed by atoms with Crippen molar-refractivity contribution in [1.29, 1.82) is 0 Å². The van der Waals surface area contributed by atoms with Gasteiger partial charge in [0.05, 0.1) is 6.61 Å². The molecule has 2 rings (SSSR count). The van der Waals surface area contributed by atoms with Gasteiger partial charge in [0.15, 0.2) is 5.11 Å². The fourth-order valence-electron chi connectivity index (χ4n) is 2.53. The van der Waals surface area contributed by atoms with E-state index < -0.39 is 0 Å². The number of nitrogens with one attached hydrogen (secondary N) is 3. The number of hydrogen-bond acceptors (Lipinski definition) is 5. The van der Waals surface area contributed by atoms with Gasteiger partial charge in [0, 0.05) is 37.1 Å². The first-order valence-electron chi connectivity index (χ1n) is 10.1. The van der Waals surface area contributed by atoms with Crippen LogP contribution in [0.2, 0.25) is 0 Å². The number of hydrogen-bond donors (Lipinski definition) is 3. The first-order chi connectivity index (χ1) is 14.9. The molecule has 2 amide bonds. The molecule has 2 aromatic rings. The fraction of sp³-hybridized carbons (Fsp3) is 0.348. The lowest BCUT2D eigenvalue weighted by Crippen LogP contribution is -2.34. The van der Waals surface area contributed by atoms with E-state index in [-0.39, 0.29) is 16.9 Å². The third-order valence-corrected chi connectivity index (χ3v) is 4.35. The maximum Gasteiger partial charge on any atom is 0.257 e. The zero-order valence-electron chi connectivity index (χ0n) is 18.1. The van der Waals surface area contributed by atoms with E-state index in [1.165, 1.54) is 0 Å². The van der Waals surface area contributed by atoms with E-state index in [1.54, 1.807) is 55.6 Å². The molecule has 166 valence electrons. The minimum absolute atomic E-state index is 0.153. The molecule has 0 radical (unpaired) electrons. The van der Waals surface area contributed by atoms with Gasteiger partial charge >= 0.3 is 0 Å². The van der Waals surface area contributed by atoms with Crippen molar-refractivity contribution in [3.8, 4) is 5.75 Å². The average molecular weight is 444 g/mol. The van der Waals surface area contributed by atoms with E-state index >= 15 is 0 Å². The molecule has 0 spiro atoms. The fourth-order valence-corrected chi connectivity index (χ4v) is 2.74. The van der Waals surface area contributed by atoms with E-state index in [9.17, 15) is 9.59 Å². The van der Waals surface area contributed by atoms with Crippen molar-refractivity contribution < 1.29 is 19.1 Å². The van der Waals surface area contributed by atoms with Crippen molar-refractivity contribution in [2.75, 3.05) is 32.2 Å². The number of rotatable bonds is 10. The molecule has 0 heterocycles. The maximum absolute atomic E-state index is 12.4. The van der Waals surface area contributed by atoms with Crippen LogP contribution in [0.25, 0.3) is 0 Å². The summed E-state index contributed by atoms with van der Waals surface area (Å²) in [6.07, 6.45) is 0.754. The van der Waals surface area contributed by atoms with Crippen molar-refractivity contribution in [2.24, 2.45) is 5.92 Å². The van der Waals surface area contributed by atoms with Crippen LogP contribution in [0.4, 0.5) is 5.69 Å². The van der Waals surface area contributed by atoms with Gasteiger partial charge in [-0.1, -0.05) is 13.8 Å². The zero-order chi connectivity index (χ0) is 22.6. The SMILES string of the molecule is COCCCNC(=O)c1ccc(NC(=S)NC(=O)c2ccc(OCC(C)C)cc2)cc1. The molecular weight excluding hydrogens is 414 g/mol. The van der Waals surface area contributed by atoms with Crippen molar-refractivity contribution >= 4 is 34.8 Å². The van der Waals surface area contributed by atoms with Gasteiger partial charge in [-0.25, -0.2) is 0 Å². The van der Waals surface area contributed by atoms with Crippen LogP contribution in [0.1, 0.15) is 41.0 Å². The lowest BCUT2D eigenvalue weighted by Gasteiger charge is -2.11. The van der Waals surface area contributed by atoms with E-state index in [0.29, 0.717) is 48.2 Å². The van der Waals surface area contributed by atoms with Gasteiger partial charge in [0.1, 0.15) is 5.75 Å². The minimum atomic E-state index is -0.319. The van der Waals surface area contributed by atoms with Crippen LogP contribution >= 0.6 is 12.2 Å². The Kier molecular flexibility index (Phi) is 9.93. The number of amides is 2. The third-order valence-electron chi connectivity index (χ3n) is 4.14. The maximum atomic E-state index is 12.4. The van der Waals surface area contributed by atoms with E-state index in [2.05, 4.69) is 29.8 Å². The second kappa shape index (κ2) is 12.7. The Balaban J connectivity index is 1.82. The smallest absolute Gasteiger partial charge is 0.257 e. The number of carbonyl (C=O) groups excluding carboxylic acids is 2. The Morgan fingerprint density at radius 2 is 1.58 bits per heavy atom. The van der Waals surface area contributed by atoms with E-state index in [0.717, 1.165) is 6.42 Å². The molecule has 0 fully saturated rings. The number of thiocarbonyl (C=S) groups is 1. The summed E-state index contributed by atoms with van der Waals surface area (Å²) in [7, 11) is 1.62. The first-order valence-corrected chi connectivity index (χ1v) is 10.5. The second-order valence-corrected chi connectivity index (χ2v) is 7.73. The standard InChI is InChI=1S/C23H29N3O4S/c1-16(2)15-30-20-11-7-18(8-12-20)22(28)26-23(31)25-19-9-5-17(6-10-19)21(27)24-13-4-14-29-3/h5-12,16H,4,13-15H2,1-3H3,(H,24,27)(H2,25,26,28,31). The van der Waals surface area contributed by atoms with E-state index in [1.807, 2.05) is 0 Å². The highest BCUT2D eigenvalue weighted by atomic mass is 32.1. The Hall–Kier alpha value is -2.97. The van der Waals surface area contributed by atoms with Crippen LogP contribution in [0.5, 0.6) is 5.75 Å². The summed E-state index contributed by atoms with van der Waals surface area (Å²) in [6.45, 7) is 5.91. The van der Waals surface area contributed by atoms with Crippen LogP contribution in [0, 0.1) is 5.92 Å². The van der Waals surface area contributed by atoms with Crippen molar-refractivity contribution in [1.82, 2.24) is 10.6 Å². The van der Waals surface area contributed by atoms with Gasteiger partial charge in [0.25, 0.3) is 11.8 Å². The van der Waals surface area contributed by atoms with Gasteiger partial charge in [0.2, 0.25) is 0 Å². The average Bonchev–Trinajstić information content (AvgIpc) is 2.76. The molecule has 3 N–H and O–H groups in total. The molecule has 2 aromatic carbocycles. The molecule has 8 heteroatoms. The number of carbonyl (C=O) groups is 2. The summed E-state index contributed by atoms with van der Waals surface area (Å²) in [4.78, 5) is 24.4. The lowest BCUT2D eigenvalue weighted by atomic mass is 10.2. The monoisotopic (exact) mass is 443 g/mol. The highest BCUT2D eigenvalue weighted by Crippen LogP contribution is 2.14. The molecule has 0 aliphatic heterocycles. The molecule has 0 saturated heterocycles. The Bertz CT molecular complexity index is 867. The number of benzene rings is 2. The molecule has 0 aliphatic rings. The first kappa shape index (κ1) is 24.3. The molecule has 31 heavy (non-hydrogen) atoms. The number of anilines is 1. The largest absolute Gasteiger partial charge is 0.493 e. The summed E-state index contributed by atoms with van der Waals surface area (Å²) < 4.78 is 10.6. The third kappa shape index (κ3) is 8.74. The van der Waals surface area contributed by atoms with Crippen molar-refractivity contribution in [3.63, 3.8) is 0 Å². The van der Waals surface area contributed by atoms with Gasteiger partial charge < -0.3 is 20.1 Å². The molecule has 0 aromatic heterocycles. The van der Waals surface area contributed by atoms with Gasteiger partial charge in [-0.15, -0.1) is 0 Å². The molecular formula is C23H29N3O4S. The lowest BCUT2D eigenvalue weighted by molar-refractivity contribution is 0.0946. The van der Waals surface area contributed by atoms with Crippen LogP contribution < -0.4 is 20.7 Å². The summed E-state index contributed by atoms with van der Waals surface area (Å²) in [5.41, 5.74) is 1.68. The minimum Gasteiger partial charge on any atom is -0.493 e. The predicted octanol–water partition coefficient (Wildman–Crippen LogP) is 3.61. The normalized spacial score (nSPS) is 10.5. The van der Waals surface area contributed by atoms with Gasteiger partial charge in [-0.3, -0.25) is 14.9 Å². The molecule has 0 aliphatic carbocycles. The highest BCUT2D eigenvalue weighted by Gasteiger charge is 2.09. The van der Waals surface area contributed by atoms with Gasteiger partial charge in [-0.05, 0) is 73.1 Å². The topological polar surface area (TPSA) is 88.7 Å². The quantitative estimate of drug-likeness (QED) is 0.384. The number of ether oxygens (including phenoxy) is 2. The van der Waals surface area contributed by atoms with Gasteiger partial charge in [-0.2, -0.15) is 0 Å². The Morgan fingerprint density at radius 1 is 0.968 bits per heavy atom. The summed E-state index contributed by atoms with van der Waals surface area (Å²) in [5, 5.41) is 8.57. The Morgan fingerprint density at radius 3 is 2.19 bits per heavy atom. The van der Waals surface area contributed by atoms with Crippen LogP contribution in [0.15, 0.2) is 48.5 Å². The summed E-state index contributed by atoms with van der Waals surface area (Å²) in [6, 6.07) is 13.7. The van der Waals surface area contributed by atoms with Crippen LogP contribution in [-0.4, -0.2) is 43.8 Å². The molecule has 0 unspecified atom stereocenters. The summed E-state index contributed by atoms with van der Waals surface area (Å²) in [5.74, 6) is 0.670. The van der Waals surface area contributed by atoms with Crippen LogP contribution in [-0.2, 0) is 4.74 Å². The summed E-state index contributed by atoms with van der Waals surface area (Å²) >= 11 is 5.22. The molecule has 0 atom stereocenters. The highest BCUT2D eigenvalue weighted by molar-refractivity contribution is 7.80. The van der Waals surface area contributed by atoms with Crippen molar-refractivity contribution in [2.45, 2.75) is 20.3 Å². The Labute approximate surface area is 188 Å². The second-order valence-electron chi connectivity index (χ2n) is 7.32. The van der Waals surface area contributed by atoms with Crippen LogP contribution in [0.3, 0.4) is 0 Å².